The number of benzene rings is 2. The number of fused-ring (bicyclic) bond motifs is 1. The molecule has 0 aliphatic rings. The fourth-order valence-electron chi connectivity index (χ4n) is 5.50. The van der Waals surface area contributed by atoms with Gasteiger partial charge < -0.3 is 15.4 Å². The number of imidazole rings is 1. The molecule has 0 bridgehead atoms. The molecule has 9 nitrogen and oxygen atoms in total. The van der Waals surface area contributed by atoms with Crippen molar-refractivity contribution in [3.63, 3.8) is 0 Å². The van der Waals surface area contributed by atoms with Crippen LogP contribution in [0.5, 0.6) is 0 Å². The molecule has 2 heterocycles. The van der Waals surface area contributed by atoms with Gasteiger partial charge in [-0.3, -0.25) is 18.8 Å². The molecule has 2 aromatic carbocycles. The van der Waals surface area contributed by atoms with Crippen LogP contribution in [0.1, 0.15) is 62.9 Å². The van der Waals surface area contributed by atoms with E-state index < -0.39 is 0 Å². The number of aliphatic hydroxyl groups excluding tert-OH is 1. The highest BCUT2D eigenvalue weighted by atomic mass is 16.3. The maximum atomic E-state index is 14.0. The van der Waals surface area contributed by atoms with E-state index in [0.29, 0.717) is 50.3 Å². The number of rotatable bonds is 17. The van der Waals surface area contributed by atoms with E-state index in [4.69, 9.17) is 10.7 Å². The van der Waals surface area contributed by atoms with Crippen LogP contribution in [-0.4, -0.2) is 54.9 Å². The minimum Gasteiger partial charge on any atom is -0.399 e. The predicted molar refractivity (Wildman–Crippen MR) is 170 cm³/mol. The highest BCUT2D eigenvalue weighted by Gasteiger charge is 2.22. The highest BCUT2D eigenvalue weighted by Crippen LogP contribution is 2.17. The lowest BCUT2D eigenvalue weighted by molar-refractivity contribution is 0.197. The van der Waals surface area contributed by atoms with Crippen molar-refractivity contribution < 1.29 is 5.11 Å². The third-order valence-corrected chi connectivity index (χ3v) is 7.96. The molecule has 4 aromatic rings. The van der Waals surface area contributed by atoms with Gasteiger partial charge in [-0.15, -0.1) is 0 Å². The number of hydrogen-bond acceptors (Lipinski definition) is 6. The van der Waals surface area contributed by atoms with Crippen molar-refractivity contribution in [2.24, 2.45) is 0 Å². The molecule has 3 N–H and O–H groups in total. The lowest BCUT2D eigenvalue weighted by Gasteiger charge is -2.20. The Morgan fingerprint density at radius 1 is 0.810 bits per heavy atom. The van der Waals surface area contributed by atoms with Gasteiger partial charge in [0.15, 0.2) is 11.2 Å². The Morgan fingerprint density at radius 3 is 2.21 bits per heavy atom. The molecule has 0 amide bonds. The van der Waals surface area contributed by atoms with Gasteiger partial charge in [-0.05, 0) is 55.5 Å². The molecule has 0 radical (unpaired) electrons. The van der Waals surface area contributed by atoms with E-state index in [1.165, 1.54) is 10.1 Å². The minimum atomic E-state index is -0.275. The van der Waals surface area contributed by atoms with Gasteiger partial charge in [0.05, 0.1) is 6.61 Å². The quantitative estimate of drug-likeness (QED) is 0.145. The monoisotopic (exact) mass is 574 g/mol. The van der Waals surface area contributed by atoms with Crippen LogP contribution in [-0.2, 0) is 32.5 Å². The maximum absolute atomic E-state index is 14.0. The molecule has 0 unspecified atom stereocenters. The maximum Gasteiger partial charge on any atom is 0.332 e. The number of anilines is 1. The van der Waals surface area contributed by atoms with Crippen LogP contribution in [0.3, 0.4) is 0 Å². The molecule has 9 heteroatoms. The average Bonchev–Trinajstić information content (AvgIpc) is 3.35. The number of nitrogens with zero attached hydrogens (tertiary/aromatic N) is 5. The fourth-order valence-corrected chi connectivity index (χ4v) is 5.50. The first kappa shape index (κ1) is 31.3. The van der Waals surface area contributed by atoms with E-state index in [2.05, 4.69) is 30.9 Å². The highest BCUT2D eigenvalue weighted by molar-refractivity contribution is 5.71. The standard InChI is InChI=1S/C33H46N6O3/c1-3-5-10-20-39-32(41)30-31(38(33(39)42)19-11-9-12-26-15-17-28(34)18-16-26)35-29(25-27-13-7-6-8-14-27)37(30)22-21-36(4-2)23-24-40/h6-8,13-18,40H,3-5,9-12,19-25,34H2,1-2H3. The largest absolute Gasteiger partial charge is 0.399 e. The molecule has 0 aliphatic carbocycles. The van der Waals surface area contributed by atoms with Gasteiger partial charge in [-0.1, -0.05) is 69.2 Å². The van der Waals surface area contributed by atoms with E-state index >= 15 is 0 Å². The third-order valence-electron chi connectivity index (χ3n) is 7.96. The second-order valence-electron chi connectivity index (χ2n) is 11.0. The number of nitrogens with two attached hydrogens (primary N) is 1. The second-order valence-corrected chi connectivity index (χ2v) is 11.0. The van der Waals surface area contributed by atoms with E-state index in [1.807, 2.05) is 47.0 Å². The van der Waals surface area contributed by atoms with Crippen LogP contribution in [0, 0.1) is 0 Å². The van der Waals surface area contributed by atoms with Crippen LogP contribution in [0.4, 0.5) is 5.69 Å². The summed E-state index contributed by atoms with van der Waals surface area (Å²) in [6.07, 6.45) is 5.87. The first-order valence-corrected chi connectivity index (χ1v) is 15.4. The SMILES string of the molecule is CCCCCn1c(=O)c2c(nc(Cc3ccccc3)n2CCN(CC)CCO)n(CCCCc2ccc(N)cc2)c1=O. The number of likely N-dealkylation sites (N-methyl/N-ethyl adjacent to an activating group) is 1. The summed E-state index contributed by atoms with van der Waals surface area (Å²) in [6, 6.07) is 18.0. The molecule has 0 aliphatic heterocycles. The zero-order valence-electron chi connectivity index (χ0n) is 25.2. The summed E-state index contributed by atoms with van der Waals surface area (Å²) in [4.78, 5) is 34.9. The molecule has 2 aromatic heterocycles. The Kier molecular flexibility index (Phi) is 11.5. The summed E-state index contributed by atoms with van der Waals surface area (Å²) in [6.45, 7) is 7.72. The number of unbranched alkanes of at least 4 members (excludes halogenated alkanes) is 3. The number of aliphatic hydroxyl groups is 1. The molecule has 0 saturated heterocycles. The summed E-state index contributed by atoms with van der Waals surface area (Å²) in [5, 5.41) is 9.53. The van der Waals surface area contributed by atoms with Crippen molar-refractivity contribution in [2.45, 2.75) is 78.4 Å². The number of nitrogen functional groups attached to an aromatic ring is 1. The molecule has 4 rings (SSSR count). The van der Waals surface area contributed by atoms with E-state index in [9.17, 15) is 14.7 Å². The number of aryl methyl sites for hydroxylation is 2. The zero-order valence-corrected chi connectivity index (χ0v) is 25.2. The molecule has 42 heavy (non-hydrogen) atoms. The van der Waals surface area contributed by atoms with Gasteiger partial charge in [-0.2, -0.15) is 0 Å². The fraction of sp³-hybridized carbons (Fsp3) is 0.485. The van der Waals surface area contributed by atoms with Crippen LogP contribution in [0.2, 0.25) is 0 Å². The molecule has 0 saturated carbocycles. The smallest absolute Gasteiger partial charge is 0.332 e. The van der Waals surface area contributed by atoms with Gasteiger partial charge in [0.1, 0.15) is 5.82 Å². The van der Waals surface area contributed by atoms with Gasteiger partial charge in [0.25, 0.3) is 5.56 Å². The molecular weight excluding hydrogens is 528 g/mol. The minimum absolute atomic E-state index is 0.0789. The first-order valence-electron chi connectivity index (χ1n) is 15.4. The van der Waals surface area contributed by atoms with Gasteiger partial charge in [0, 0.05) is 44.8 Å². The lowest BCUT2D eigenvalue weighted by Crippen LogP contribution is -2.41. The van der Waals surface area contributed by atoms with Crippen LogP contribution in [0.25, 0.3) is 11.2 Å². The van der Waals surface area contributed by atoms with E-state index in [1.54, 1.807) is 4.57 Å². The molecular formula is C33H46N6O3. The van der Waals surface area contributed by atoms with Crippen molar-refractivity contribution in [3.8, 4) is 0 Å². The van der Waals surface area contributed by atoms with Crippen molar-refractivity contribution in [2.75, 3.05) is 32.0 Å². The average molecular weight is 575 g/mol. The normalized spacial score (nSPS) is 11.6. The molecule has 0 fully saturated rings. The first-order chi connectivity index (χ1) is 20.5. The molecule has 0 spiro atoms. The summed E-state index contributed by atoms with van der Waals surface area (Å²) in [5.41, 5.74) is 9.32. The zero-order chi connectivity index (χ0) is 29.9. The van der Waals surface area contributed by atoms with Crippen molar-refractivity contribution in [3.05, 3.63) is 92.4 Å². The molecule has 226 valence electrons. The van der Waals surface area contributed by atoms with Gasteiger partial charge >= 0.3 is 5.69 Å². The van der Waals surface area contributed by atoms with Gasteiger partial charge in [-0.25, -0.2) is 9.78 Å². The van der Waals surface area contributed by atoms with Gasteiger partial charge in [0.2, 0.25) is 0 Å². The number of aromatic nitrogens is 4. The number of hydrogen-bond donors (Lipinski definition) is 2. The third kappa shape index (κ3) is 7.77. The molecule has 0 atom stereocenters. The van der Waals surface area contributed by atoms with Crippen molar-refractivity contribution in [1.82, 2.24) is 23.6 Å². The van der Waals surface area contributed by atoms with E-state index in [-0.39, 0.29) is 17.9 Å². The predicted octanol–water partition coefficient (Wildman–Crippen LogP) is 4.06. The Morgan fingerprint density at radius 2 is 1.52 bits per heavy atom. The van der Waals surface area contributed by atoms with Crippen LogP contribution in [0.15, 0.2) is 64.2 Å². The lowest BCUT2D eigenvalue weighted by atomic mass is 10.1. The Hall–Kier alpha value is -3.69. The van der Waals surface area contributed by atoms with Crippen molar-refractivity contribution in [1.29, 1.82) is 0 Å². The topological polar surface area (TPSA) is 111 Å². The van der Waals surface area contributed by atoms with E-state index in [0.717, 1.165) is 62.1 Å². The van der Waals surface area contributed by atoms with Crippen molar-refractivity contribution >= 4 is 16.9 Å². The Balaban J connectivity index is 1.74. The van der Waals surface area contributed by atoms with Crippen LogP contribution >= 0.6 is 0 Å². The summed E-state index contributed by atoms with van der Waals surface area (Å²) < 4.78 is 5.17. The summed E-state index contributed by atoms with van der Waals surface area (Å²) in [7, 11) is 0. The summed E-state index contributed by atoms with van der Waals surface area (Å²) in [5.74, 6) is 0.773. The Labute approximate surface area is 248 Å². The Bertz CT molecular complexity index is 1520. The van der Waals surface area contributed by atoms with Crippen LogP contribution < -0.4 is 17.0 Å². The summed E-state index contributed by atoms with van der Waals surface area (Å²) >= 11 is 0. The second kappa shape index (κ2) is 15.5.